The number of benzene rings is 1. The minimum atomic E-state index is -0.382. The summed E-state index contributed by atoms with van der Waals surface area (Å²) in [7, 11) is 0. The van der Waals surface area contributed by atoms with Crippen molar-refractivity contribution in [3.05, 3.63) is 35.6 Å². The molecule has 2 N–H and O–H groups in total. The van der Waals surface area contributed by atoms with Gasteiger partial charge in [0.05, 0.1) is 6.10 Å². The van der Waals surface area contributed by atoms with E-state index in [0.29, 0.717) is 13.1 Å². The number of carbonyl (C=O) groups excluding carboxylic acids is 1. The Bertz CT molecular complexity index is 519. The van der Waals surface area contributed by atoms with E-state index in [1.807, 2.05) is 11.0 Å². The zero-order chi connectivity index (χ0) is 14.8. The van der Waals surface area contributed by atoms with Crippen molar-refractivity contribution in [2.75, 3.05) is 6.54 Å². The molecule has 1 aliphatic carbocycles. The predicted molar refractivity (Wildman–Crippen MR) is 76.9 cm³/mol. The molecule has 2 aliphatic rings. The molecule has 0 radical (unpaired) electrons. The highest BCUT2D eigenvalue weighted by atomic mass is 19.1. The molecular formula is C16H21FN2O2. The maximum atomic E-state index is 13.3. The van der Waals surface area contributed by atoms with Gasteiger partial charge in [0.25, 0.3) is 5.91 Å². The van der Waals surface area contributed by atoms with Gasteiger partial charge in [-0.05, 0) is 43.4 Å². The Balaban J connectivity index is 1.68. The molecule has 4 nitrogen and oxygen atoms in total. The molecule has 1 saturated carbocycles. The highest BCUT2D eigenvalue weighted by molar-refractivity contribution is 5.81. The summed E-state index contributed by atoms with van der Waals surface area (Å²) < 4.78 is 19.0. The van der Waals surface area contributed by atoms with E-state index in [4.69, 9.17) is 10.5 Å². The van der Waals surface area contributed by atoms with Gasteiger partial charge in [0.1, 0.15) is 11.9 Å². The summed E-state index contributed by atoms with van der Waals surface area (Å²) in [6, 6.07) is 6.71. The molecule has 2 unspecified atom stereocenters. The molecule has 114 valence electrons. The molecule has 1 amide bonds. The van der Waals surface area contributed by atoms with Gasteiger partial charge in [-0.1, -0.05) is 12.1 Å². The minimum absolute atomic E-state index is 0.00540. The van der Waals surface area contributed by atoms with Gasteiger partial charge in [-0.2, -0.15) is 0 Å². The largest absolute Gasteiger partial charge is 0.364 e. The molecule has 2 fully saturated rings. The van der Waals surface area contributed by atoms with E-state index in [1.165, 1.54) is 12.1 Å². The van der Waals surface area contributed by atoms with Crippen molar-refractivity contribution >= 4 is 5.91 Å². The molecule has 0 aromatic heterocycles. The highest BCUT2D eigenvalue weighted by Gasteiger charge is 2.39. The third kappa shape index (κ3) is 3.41. The van der Waals surface area contributed by atoms with Gasteiger partial charge < -0.3 is 15.4 Å². The molecule has 21 heavy (non-hydrogen) atoms. The van der Waals surface area contributed by atoms with Crippen LogP contribution in [0.5, 0.6) is 0 Å². The first-order chi connectivity index (χ1) is 10.2. The predicted octanol–water partition coefficient (Wildman–Crippen LogP) is 1.82. The van der Waals surface area contributed by atoms with Crippen LogP contribution in [0.1, 0.15) is 31.2 Å². The average molecular weight is 292 g/mol. The zero-order valence-corrected chi connectivity index (χ0v) is 12.0. The summed E-state index contributed by atoms with van der Waals surface area (Å²) in [4.78, 5) is 14.5. The van der Waals surface area contributed by atoms with Crippen LogP contribution in [0.4, 0.5) is 4.39 Å². The Hall–Kier alpha value is -1.46. The number of rotatable bonds is 5. The lowest BCUT2D eigenvalue weighted by Crippen LogP contribution is -2.40. The van der Waals surface area contributed by atoms with E-state index in [0.717, 1.165) is 31.2 Å². The van der Waals surface area contributed by atoms with Crippen molar-refractivity contribution in [2.45, 2.75) is 50.5 Å². The quantitative estimate of drug-likeness (QED) is 0.900. The summed E-state index contributed by atoms with van der Waals surface area (Å²) in [6.45, 7) is 0.908. The number of halogens is 1. The first kappa shape index (κ1) is 14.5. The molecule has 0 spiro atoms. The second kappa shape index (κ2) is 6.12. The van der Waals surface area contributed by atoms with E-state index in [9.17, 15) is 9.18 Å². The van der Waals surface area contributed by atoms with Crippen LogP contribution >= 0.6 is 0 Å². The van der Waals surface area contributed by atoms with E-state index in [-0.39, 0.29) is 30.0 Å². The Morgan fingerprint density at radius 2 is 2.14 bits per heavy atom. The number of ether oxygens (including phenoxy) is 1. The van der Waals surface area contributed by atoms with Crippen molar-refractivity contribution in [3.63, 3.8) is 0 Å². The van der Waals surface area contributed by atoms with Gasteiger partial charge in [-0.3, -0.25) is 4.79 Å². The normalized spacial score (nSPS) is 25.0. The van der Waals surface area contributed by atoms with Crippen LogP contribution in [0.25, 0.3) is 0 Å². The van der Waals surface area contributed by atoms with Gasteiger partial charge in [0, 0.05) is 19.1 Å². The molecule has 3 rings (SSSR count). The Labute approximate surface area is 124 Å². The van der Waals surface area contributed by atoms with Gasteiger partial charge >= 0.3 is 0 Å². The van der Waals surface area contributed by atoms with Gasteiger partial charge in [0.2, 0.25) is 0 Å². The number of hydrogen-bond acceptors (Lipinski definition) is 3. The van der Waals surface area contributed by atoms with Crippen LogP contribution < -0.4 is 5.73 Å². The van der Waals surface area contributed by atoms with Crippen molar-refractivity contribution in [1.29, 1.82) is 0 Å². The summed E-state index contributed by atoms with van der Waals surface area (Å²) in [5.41, 5.74) is 6.42. The fourth-order valence-electron chi connectivity index (χ4n) is 2.85. The van der Waals surface area contributed by atoms with E-state index < -0.39 is 0 Å². The highest BCUT2D eigenvalue weighted by Crippen LogP contribution is 2.31. The molecule has 5 heteroatoms. The van der Waals surface area contributed by atoms with Crippen molar-refractivity contribution in [2.24, 2.45) is 5.73 Å². The van der Waals surface area contributed by atoms with Crippen LogP contribution in [-0.2, 0) is 16.1 Å². The SMILES string of the molecule is NCC1CCC(C(=O)N(Cc2cccc(F)c2)C2CC2)O1. The first-order valence-corrected chi connectivity index (χ1v) is 7.58. The number of amides is 1. The van der Waals surface area contributed by atoms with E-state index in [2.05, 4.69) is 0 Å². The molecule has 1 aliphatic heterocycles. The second-order valence-electron chi connectivity index (χ2n) is 5.89. The summed E-state index contributed by atoms with van der Waals surface area (Å²) >= 11 is 0. The number of carbonyl (C=O) groups is 1. The molecule has 1 saturated heterocycles. The maximum absolute atomic E-state index is 13.3. The Morgan fingerprint density at radius 1 is 1.33 bits per heavy atom. The van der Waals surface area contributed by atoms with E-state index in [1.54, 1.807) is 6.07 Å². The Morgan fingerprint density at radius 3 is 2.76 bits per heavy atom. The molecule has 1 aromatic rings. The zero-order valence-electron chi connectivity index (χ0n) is 12.0. The third-order valence-corrected chi connectivity index (χ3v) is 4.16. The lowest BCUT2D eigenvalue weighted by molar-refractivity contribution is -0.144. The molecule has 1 heterocycles. The van der Waals surface area contributed by atoms with E-state index >= 15 is 0 Å². The Kier molecular flexibility index (Phi) is 4.22. The van der Waals surface area contributed by atoms with Gasteiger partial charge in [-0.15, -0.1) is 0 Å². The lowest BCUT2D eigenvalue weighted by atomic mass is 10.1. The van der Waals surface area contributed by atoms with Crippen LogP contribution in [0.3, 0.4) is 0 Å². The monoisotopic (exact) mass is 292 g/mol. The average Bonchev–Trinajstić information content (AvgIpc) is 3.20. The first-order valence-electron chi connectivity index (χ1n) is 7.58. The fourth-order valence-corrected chi connectivity index (χ4v) is 2.85. The van der Waals surface area contributed by atoms with Crippen LogP contribution in [0.2, 0.25) is 0 Å². The van der Waals surface area contributed by atoms with Gasteiger partial charge in [-0.25, -0.2) is 4.39 Å². The molecule has 0 bridgehead atoms. The van der Waals surface area contributed by atoms with Gasteiger partial charge in [0.15, 0.2) is 0 Å². The standard InChI is InChI=1S/C16H21FN2O2/c17-12-3-1-2-11(8-12)10-19(13-4-5-13)16(20)15-7-6-14(9-18)21-15/h1-3,8,13-15H,4-7,9-10,18H2. The van der Waals surface area contributed by atoms with Crippen molar-refractivity contribution in [3.8, 4) is 0 Å². The van der Waals surface area contributed by atoms with Crippen molar-refractivity contribution < 1.29 is 13.9 Å². The molecular weight excluding hydrogens is 271 g/mol. The second-order valence-corrected chi connectivity index (χ2v) is 5.89. The fraction of sp³-hybridized carbons (Fsp3) is 0.562. The minimum Gasteiger partial charge on any atom is -0.364 e. The van der Waals surface area contributed by atoms with Crippen LogP contribution in [-0.4, -0.2) is 35.6 Å². The topological polar surface area (TPSA) is 55.6 Å². The van der Waals surface area contributed by atoms with Crippen molar-refractivity contribution in [1.82, 2.24) is 4.90 Å². The lowest BCUT2D eigenvalue weighted by Gasteiger charge is -2.25. The third-order valence-electron chi connectivity index (χ3n) is 4.16. The number of hydrogen-bond donors (Lipinski definition) is 1. The summed E-state index contributed by atoms with van der Waals surface area (Å²) in [5.74, 6) is -0.242. The summed E-state index contributed by atoms with van der Waals surface area (Å²) in [6.07, 6.45) is 3.22. The number of nitrogens with two attached hydrogens (primary N) is 1. The molecule has 1 aromatic carbocycles. The maximum Gasteiger partial charge on any atom is 0.252 e. The summed E-state index contributed by atoms with van der Waals surface area (Å²) in [5, 5.41) is 0. The molecule has 2 atom stereocenters. The van der Waals surface area contributed by atoms with Crippen LogP contribution in [0.15, 0.2) is 24.3 Å². The van der Waals surface area contributed by atoms with Crippen LogP contribution in [0, 0.1) is 5.82 Å². The number of nitrogens with zero attached hydrogens (tertiary/aromatic N) is 1. The smallest absolute Gasteiger partial charge is 0.252 e.